The second-order valence-corrected chi connectivity index (χ2v) is 22.4. The van der Waals surface area contributed by atoms with Crippen molar-refractivity contribution in [2.75, 3.05) is 13.2 Å². The molecule has 1 fully saturated rings. The normalized spacial score (nSPS) is 18.2. The van der Waals surface area contributed by atoms with E-state index in [1.54, 1.807) is 0 Å². The molecule has 1 aliphatic heterocycles. The molecule has 0 bridgehead atoms. The highest BCUT2D eigenvalue weighted by molar-refractivity contribution is 5.74. The van der Waals surface area contributed by atoms with E-state index >= 15 is 0 Å². The summed E-state index contributed by atoms with van der Waals surface area (Å²) in [4.78, 5) is 51.3. The van der Waals surface area contributed by atoms with Gasteiger partial charge in [-0.3, -0.25) is 14.4 Å². The number of aliphatic hydroxyl groups is 2. The van der Waals surface area contributed by atoms with Crippen LogP contribution in [-0.2, 0) is 42.9 Å². The highest BCUT2D eigenvalue weighted by atomic mass is 16.7. The Balaban J connectivity index is 2.66. The minimum absolute atomic E-state index is 0.0573. The SMILES string of the molecule is CC/C=C\C/C=C\C/C=C\C/C=C\CCCCC(=O)OC(COC(=O)CCCCCCCCCCC/C=C\C/C=C\CCCCC)COC1OC(C(=O)O)C(O)C(O)C1OC(=O)CCCCCCCCCCCCCCCCCCC. The highest BCUT2D eigenvalue weighted by Crippen LogP contribution is 2.27. The molecule has 0 aromatic carbocycles. The number of rotatable bonds is 56. The number of ether oxygens (including phenoxy) is 5. The first-order valence-electron chi connectivity index (χ1n) is 32.9. The van der Waals surface area contributed by atoms with E-state index in [1.165, 1.54) is 135 Å². The zero-order valence-electron chi connectivity index (χ0n) is 51.5. The third-order valence-corrected chi connectivity index (χ3v) is 14.8. The molecule has 12 nitrogen and oxygen atoms in total. The standard InChI is InChI=1S/C69H118O12/c1-4-7-10-13-16-19-22-25-28-30-31-33-35-37-40-43-46-49-52-55-61(70)77-58-60(79-62(71)56-53-50-47-44-41-38-34-27-24-21-18-15-12-9-6-3)59-78-69-67(65(74)64(73)66(81-69)68(75)76)80-63(72)57-54-51-48-45-42-39-36-32-29-26-23-20-17-14-11-8-5-2/h9,12,16,18-19,21,25,27-28,34,41,44,60,64-67,69,73-74H,4-8,10-11,13-15,17,20,22-24,26,29-33,35-40,42-43,45-59H2,1-3H3,(H,75,76)/b12-9-,19-16-,21-18-,28-25-,34-27-,44-41-. The molecule has 1 rings (SSSR count). The average Bonchev–Trinajstić information content (AvgIpc) is 3.53. The predicted molar refractivity (Wildman–Crippen MR) is 331 cm³/mol. The first kappa shape index (κ1) is 75.2. The van der Waals surface area contributed by atoms with Gasteiger partial charge in [0.05, 0.1) is 6.61 Å². The number of carbonyl (C=O) groups excluding carboxylic acids is 3. The average molecular weight is 1140 g/mol. The molecule has 1 heterocycles. The second-order valence-electron chi connectivity index (χ2n) is 22.4. The highest BCUT2D eigenvalue weighted by Gasteiger charge is 2.50. The van der Waals surface area contributed by atoms with Gasteiger partial charge in [0.1, 0.15) is 18.8 Å². The van der Waals surface area contributed by atoms with Crippen molar-refractivity contribution in [3.8, 4) is 0 Å². The van der Waals surface area contributed by atoms with Crippen LogP contribution in [0.2, 0.25) is 0 Å². The number of hydrogen-bond donors (Lipinski definition) is 3. The van der Waals surface area contributed by atoms with Crippen LogP contribution >= 0.6 is 0 Å². The molecular formula is C69H118O12. The van der Waals surface area contributed by atoms with Gasteiger partial charge >= 0.3 is 23.9 Å². The Labute approximate surface area is 493 Å². The van der Waals surface area contributed by atoms with Gasteiger partial charge in [-0.15, -0.1) is 0 Å². The molecule has 3 N–H and O–H groups in total. The number of esters is 3. The summed E-state index contributed by atoms with van der Waals surface area (Å²) in [6.45, 7) is 5.85. The van der Waals surface area contributed by atoms with E-state index in [0.29, 0.717) is 19.3 Å². The predicted octanol–water partition coefficient (Wildman–Crippen LogP) is 17.7. The fourth-order valence-corrected chi connectivity index (χ4v) is 9.74. The fourth-order valence-electron chi connectivity index (χ4n) is 9.74. The Morgan fingerprint density at radius 2 is 0.778 bits per heavy atom. The molecule has 0 radical (unpaired) electrons. The molecule has 0 aromatic heterocycles. The van der Waals surface area contributed by atoms with E-state index in [4.69, 9.17) is 23.7 Å². The van der Waals surface area contributed by atoms with Crippen molar-refractivity contribution in [1.82, 2.24) is 0 Å². The van der Waals surface area contributed by atoms with E-state index in [1.807, 2.05) is 0 Å². The van der Waals surface area contributed by atoms with Crippen molar-refractivity contribution in [3.63, 3.8) is 0 Å². The lowest BCUT2D eigenvalue weighted by molar-refractivity contribution is -0.301. The molecule has 6 unspecified atom stereocenters. The molecular weight excluding hydrogens is 1020 g/mol. The van der Waals surface area contributed by atoms with Crippen LogP contribution in [-0.4, -0.2) is 89.2 Å². The van der Waals surface area contributed by atoms with Crippen molar-refractivity contribution in [1.29, 1.82) is 0 Å². The van der Waals surface area contributed by atoms with E-state index in [9.17, 15) is 34.5 Å². The van der Waals surface area contributed by atoms with Crippen LogP contribution in [0.1, 0.15) is 290 Å². The summed E-state index contributed by atoms with van der Waals surface area (Å²) in [6, 6.07) is 0. The number of aliphatic hydroxyl groups excluding tert-OH is 2. The van der Waals surface area contributed by atoms with Gasteiger partial charge in [-0.2, -0.15) is 0 Å². The topological polar surface area (TPSA) is 175 Å². The Morgan fingerprint density at radius 3 is 1.23 bits per heavy atom. The van der Waals surface area contributed by atoms with Crippen molar-refractivity contribution in [2.45, 2.75) is 327 Å². The lowest BCUT2D eigenvalue weighted by atomic mass is 9.98. The molecule has 0 spiro atoms. The number of carboxylic acid groups (broad SMARTS) is 1. The summed E-state index contributed by atoms with van der Waals surface area (Å²) >= 11 is 0. The Bertz CT molecular complexity index is 1680. The maximum Gasteiger partial charge on any atom is 0.335 e. The van der Waals surface area contributed by atoms with Crippen LogP contribution in [0, 0.1) is 0 Å². The number of unbranched alkanes of at least 4 members (excludes halogenated alkanes) is 30. The molecule has 1 saturated heterocycles. The third kappa shape index (κ3) is 46.3. The summed E-state index contributed by atoms with van der Waals surface area (Å²) in [5.41, 5.74) is 0. The van der Waals surface area contributed by atoms with Crippen LogP contribution < -0.4 is 0 Å². The first-order chi connectivity index (χ1) is 39.6. The lowest BCUT2D eigenvalue weighted by Crippen LogP contribution is -2.61. The zero-order valence-corrected chi connectivity index (χ0v) is 51.5. The summed E-state index contributed by atoms with van der Waals surface area (Å²) in [7, 11) is 0. The monoisotopic (exact) mass is 1140 g/mol. The molecule has 0 aromatic rings. The van der Waals surface area contributed by atoms with Crippen LogP contribution in [0.25, 0.3) is 0 Å². The Hall–Kier alpha value is -3.84. The van der Waals surface area contributed by atoms with Crippen molar-refractivity contribution in [2.24, 2.45) is 0 Å². The number of aliphatic carboxylic acids is 1. The fraction of sp³-hybridized carbons (Fsp3) is 0.768. The second kappa shape index (κ2) is 56.6. The number of carboxylic acids is 1. The van der Waals surface area contributed by atoms with Crippen LogP contribution in [0.4, 0.5) is 0 Å². The van der Waals surface area contributed by atoms with Crippen LogP contribution in [0.5, 0.6) is 0 Å². The first-order valence-corrected chi connectivity index (χ1v) is 32.9. The van der Waals surface area contributed by atoms with Crippen molar-refractivity contribution in [3.05, 3.63) is 72.9 Å². The Kier molecular flexibility index (Phi) is 52.6. The third-order valence-electron chi connectivity index (χ3n) is 14.8. The van der Waals surface area contributed by atoms with Crippen molar-refractivity contribution < 1.29 is 58.2 Å². The molecule has 6 atom stereocenters. The van der Waals surface area contributed by atoms with E-state index in [2.05, 4.69) is 93.7 Å². The van der Waals surface area contributed by atoms with Gasteiger partial charge in [0.15, 0.2) is 24.6 Å². The number of hydrogen-bond acceptors (Lipinski definition) is 11. The van der Waals surface area contributed by atoms with E-state index < -0.39 is 67.3 Å². The van der Waals surface area contributed by atoms with Gasteiger partial charge in [-0.05, 0) is 89.9 Å². The van der Waals surface area contributed by atoms with Crippen molar-refractivity contribution >= 4 is 23.9 Å². The van der Waals surface area contributed by atoms with Gasteiger partial charge < -0.3 is 39.0 Å². The molecule has 0 saturated carbocycles. The maximum atomic E-state index is 13.2. The van der Waals surface area contributed by atoms with Gasteiger partial charge in [0.2, 0.25) is 0 Å². The summed E-state index contributed by atoms with van der Waals surface area (Å²) in [5, 5.41) is 31.6. The number of carbonyl (C=O) groups is 4. The van der Waals surface area contributed by atoms with Crippen LogP contribution in [0.3, 0.4) is 0 Å². The lowest BCUT2D eigenvalue weighted by Gasteiger charge is -2.40. The van der Waals surface area contributed by atoms with E-state index in [0.717, 1.165) is 96.3 Å². The van der Waals surface area contributed by atoms with Gasteiger partial charge in [0.25, 0.3) is 0 Å². The van der Waals surface area contributed by atoms with Gasteiger partial charge in [-0.1, -0.05) is 254 Å². The molecule has 0 aliphatic carbocycles. The van der Waals surface area contributed by atoms with Crippen LogP contribution in [0.15, 0.2) is 72.9 Å². The molecule has 466 valence electrons. The smallest absolute Gasteiger partial charge is 0.335 e. The minimum atomic E-state index is -1.91. The summed E-state index contributed by atoms with van der Waals surface area (Å²) < 4.78 is 28.5. The summed E-state index contributed by atoms with van der Waals surface area (Å²) in [5.74, 6) is -3.16. The largest absolute Gasteiger partial charge is 0.479 e. The quantitative estimate of drug-likeness (QED) is 0.0228. The molecule has 1 aliphatic rings. The summed E-state index contributed by atoms with van der Waals surface area (Å²) in [6.07, 6.45) is 60.1. The zero-order chi connectivity index (χ0) is 58.9. The van der Waals surface area contributed by atoms with Gasteiger partial charge in [0, 0.05) is 19.3 Å². The molecule has 12 heteroatoms. The van der Waals surface area contributed by atoms with E-state index in [-0.39, 0.29) is 25.9 Å². The number of allylic oxidation sites excluding steroid dienone is 12. The maximum absolute atomic E-state index is 13.2. The minimum Gasteiger partial charge on any atom is -0.479 e. The van der Waals surface area contributed by atoms with Gasteiger partial charge in [-0.25, -0.2) is 4.79 Å². The molecule has 0 amide bonds. The molecule has 81 heavy (non-hydrogen) atoms. The Morgan fingerprint density at radius 1 is 0.420 bits per heavy atom.